The van der Waals surface area contributed by atoms with Crippen molar-refractivity contribution in [2.75, 3.05) is 13.1 Å². The first kappa shape index (κ1) is 21.8. The van der Waals surface area contributed by atoms with Gasteiger partial charge in [0.1, 0.15) is 12.3 Å². The lowest BCUT2D eigenvalue weighted by atomic mass is 10.0. The van der Waals surface area contributed by atoms with Crippen LogP contribution >= 0.6 is 11.3 Å². The topological polar surface area (TPSA) is 91.7 Å². The second-order valence-electron chi connectivity index (χ2n) is 7.78. The third-order valence-electron chi connectivity index (χ3n) is 5.55. The second-order valence-corrected chi connectivity index (χ2v) is 8.73. The number of hydrogen-bond donors (Lipinski definition) is 2. The summed E-state index contributed by atoms with van der Waals surface area (Å²) in [6.07, 6.45) is 4.65. The minimum absolute atomic E-state index is 0.0483. The highest BCUT2D eigenvalue weighted by Gasteiger charge is 2.28. The molecule has 7 nitrogen and oxygen atoms in total. The van der Waals surface area contributed by atoms with Gasteiger partial charge in [0.25, 0.3) is 11.8 Å². The van der Waals surface area contributed by atoms with Gasteiger partial charge >= 0.3 is 0 Å². The van der Waals surface area contributed by atoms with Gasteiger partial charge in [-0.05, 0) is 35.9 Å². The molecule has 32 heavy (non-hydrogen) atoms. The van der Waals surface area contributed by atoms with Gasteiger partial charge in [0.15, 0.2) is 0 Å². The Balaban J connectivity index is 1.36. The molecule has 1 aromatic carbocycles. The van der Waals surface area contributed by atoms with Crippen LogP contribution in [0.3, 0.4) is 0 Å². The number of nitrogens with one attached hydrogen (secondary N) is 2. The number of hydrogen-bond acceptors (Lipinski definition) is 5. The van der Waals surface area contributed by atoms with Crippen molar-refractivity contribution in [1.29, 1.82) is 0 Å². The average Bonchev–Trinajstić information content (AvgIpc) is 3.54. The molecule has 2 aromatic heterocycles. The Bertz CT molecular complexity index is 1030. The molecule has 1 aliphatic rings. The van der Waals surface area contributed by atoms with Gasteiger partial charge in [-0.2, -0.15) is 0 Å². The van der Waals surface area contributed by atoms with Gasteiger partial charge in [-0.3, -0.25) is 14.4 Å². The summed E-state index contributed by atoms with van der Waals surface area (Å²) >= 11 is 1.34. The van der Waals surface area contributed by atoms with Crippen molar-refractivity contribution in [3.63, 3.8) is 0 Å². The molecule has 0 spiro atoms. The van der Waals surface area contributed by atoms with Crippen LogP contribution in [0.1, 0.15) is 38.4 Å². The van der Waals surface area contributed by atoms with Crippen molar-refractivity contribution in [1.82, 2.24) is 15.5 Å². The number of furan rings is 1. The molecule has 0 bridgehead atoms. The van der Waals surface area contributed by atoms with E-state index in [0.29, 0.717) is 42.8 Å². The van der Waals surface area contributed by atoms with Gasteiger partial charge in [0, 0.05) is 25.6 Å². The maximum Gasteiger partial charge on any atom is 0.262 e. The molecule has 1 saturated heterocycles. The SMILES string of the molecule is O=C(N[C@H](Cc1ccccc1)C(=O)NC1CCN(C(=O)c2ccoc2)CC1)c1cccs1. The summed E-state index contributed by atoms with van der Waals surface area (Å²) in [7, 11) is 0. The molecule has 166 valence electrons. The third kappa shape index (κ3) is 5.45. The lowest BCUT2D eigenvalue weighted by Crippen LogP contribution is -2.53. The van der Waals surface area contributed by atoms with E-state index >= 15 is 0 Å². The number of rotatable bonds is 7. The van der Waals surface area contributed by atoms with Crippen molar-refractivity contribution >= 4 is 29.1 Å². The number of piperidine rings is 1. The van der Waals surface area contributed by atoms with Gasteiger partial charge in [-0.1, -0.05) is 36.4 Å². The summed E-state index contributed by atoms with van der Waals surface area (Å²) in [5.74, 6) is -0.524. The Morgan fingerprint density at radius 1 is 1.06 bits per heavy atom. The number of thiophene rings is 1. The van der Waals surface area contributed by atoms with Crippen molar-refractivity contribution in [2.45, 2.75) is 31.3 Å². The van der Waals surface area contributed by atoms with E-state index in [1.165, 1.54) is 23.9 Å². The molecule has 0 saturated carbocycles. The van der Waals surface area contributed by atoms with E-state index in [4.69, 9.17) is 4.42 Å². The summed E-state index contributed by atoms with van der Waals surface area (Å²) in [6, 6.07) is 14.1. The number of carbonyl (C=O) groups is 3. The molecule has 1 aliphatic heterocycles. The predicted octanol–water partition coefficient (Wildman–Crippen LogP) is 3.10. The number of likely N-dealkylation sites (tertiary alicyclic amines) is 1. The maximum absolute atomic E-state index is 13.1. The van der Waals surface area contributed by atoms with E-state index in [9.17, 15) is 14.4 Å². The van der Waals surface area contributed by atoms with Crippen LogP contribution in [0.25, 0.3) is 0 Å². The molecule has 1 atom stereocenters. The van der Waals surface area contributed by atoms with E-state index in [-0.39, 0.29) is 23.8 Å². The normalized spacial score (nSPS) is 15.2. The summed E-state index contributed by atoms with van der Waals surface area (Å²) in [5.41, 5.74) is 1.51. The smallest absolute Gasteiger partial charge is 0.262 e. The summed E-state index contributed by atoms with van der Waals surface area (Å²) in [6.45, 7) is 1.11. The van der Waals surface area contributed by atoms with Crippen LogP contribution in [-0.2, 0) is 11.2 Å². The maximum atomic E-state index is 13.1. The number of nitrogens with zero attached hydrogens (tertiary/aromatic N) is 1. The van der Waals surface area contributed by atoms with Crippen LogP contribution in [0.5, 0.6) is 0 Å². The second kappa shape index (κ2) is 10.3. The molecule has 3 heterocycles. The molecule has 8 heteroatoms. The van der Waals surface area contributed by atoms with Crippen molar-refractivity contribution in [3.8, 4) is 0 Å². The van der Waals surface area contributed by atoms with E-state index in [2.05, 4.69) is 10.6 Å². The monoisotopic (exact) mass is 451 g/mol. The molecular weight excluding hydrogens is 426 g/mol. The Hall–Kier alpha value is -3.39. The lowest BCUT2D eigenvalue weighted by molar-refractivity contribution is -0.123. The minimum atomic E-state index is -0.683. The highest BCUT2D eigenvalue weighted by molar-refractivity contribution is 7.12. The Kier molecular flexibility index (Phi) is 7.01. The van der Waals surface area contributed by atoms with Crippen molar-refractivity contribution in [3.05, 3.63) is 82.4 Å². The fourth-order valence-electron chi connectivity index (χ4n) is 3.79. The van der Waals surface area contributed by atoms with Crippen LogP contribution in [0, 0.1) is 0 Å². The molecule has 0 radical (unpaired) electrons. The zero-order valence-electron chi connectivity index (χ0n) is 17.5. The molecule has 3 amide bonds. The standard InChI is InChI=1S/C24H25N3O4S/c28-22(25-19-8-11-27(12-9-19)24(30)18-10-13-31-16-18)20(15-17-5-2-1-3-6-17)26-23(29)21-7-4-14-32-21/h1-7,10,13-14,16,19-20H,8-9,11-12,15H2,(H,25,28)(H,26,29)/t20-/m1/s1. The van der Waals surface area contributed by atoms with E-state index in [1.807, 2.05) is 41.8 Å². The minimum Gasteiger partial charge on any atom is -0.472 e. The van der Waals surface area contributed by atoms with E-state index < -0.39 is 6.04 Å². The van der Waals surface area contributed by atoms with Gasteiger partial charge in [-0.25, -0.2) is 0 Å². The van der Waals surface area contributed by atoms with Crippen LogP contribution in [0.4, 0.5) is 0 Å². The summed E-state index contributed by atoms with van der Waals surface area (Å²) in [5, 5.41) is 7.80. The highest BCUT2D eigenvalue weighted by atomic mass is 32.1. The van der Waals surface area contributed by atoms with E-state index in [0.717, 1.165) is 5.56 Å². The molecule has 1 fully saturated rings. The summed E-state index contributed by atoms with van der Waals surface area (Å²) < 4.78 is 5.00. The summed E-state index contributed by atoms with van der Waals surface area (Å²) in [4.78, 5) is 40.5. The number of benzene rings is 1. The molecule has 0 aliphatic carbocycles. The highest BCUT2D eigenvalue weighted by Crippen LogP contribution is 2.15. The van der Waals surface area contributed by atoms with Crippen LogP contribution < -0.4 is 10.6 Å². The number of amides is 3. The first-order valence-electron chi connectivity index (χ1n) is 10.6. The van der Waals surface area contributed by atoms with Crippen LogP contribution in [0.15, 0.2) is 70.9 Å². The van der Waals surface area contributed by atoms with Gasteiger partial charge in [0.2, 0.25) is 5.91 Å². The van der Waals surface area contributed by atoms with E-state index in [1.54, 1.807) is 17.0 Å². The van der Waals surface area contributed by atoms with Gasteiger partial charge < -0.3 is 20.0 Å². The average molecular weight is 452 g/mol. The molecule has 3 aromatic rings. The Morgan fingerprint density at radius 3 is 2.50 bits per heavy atom. The van der Waals surface area contributed by atoms with Gasteiger partial charge in [-0.15, -0.1) is 11.3 Å². The predicted molar refractivity (Wildman–Crippen MR) is 121 cm³/mol. The Morgan fingerprint density at radius 2 is 1.84 bits per heavy atom. The van der Waals surface area contributed by atoms with Crippen molar-refractivity contribution in [2.24, 2.45) is 0 Å². The molecule has 0 unspecified atom stereocenters. The first-order valence-corrected chi connectivity index (χ1v) is 11.5. The fourth-order valence-corrected chi connectivity index (χ4v) is 4.42. The van der Waals surface area contributed by atoms with Crippen LogP contribution in [0.2, 0.25) is 0 Å². The largest absolute Gasteiger partial charge is 0.472 e. The van der Waals surface area contributed by atoms with Crippen molar-refractivity contribution < 1.29 is 18.8 Å². The molecule has 4 rings (SSSR count). The molecular formula is C24H25N3O4S. The molecule has 2 N–H and O–H groups in total. The third-order valence-corrected chi connectivity index (χ3v) is 6.41. The fraction of sp³-hybridized carbons (Fsp3) is 0.292. The zero-order valence-corrected chi connectivity index (χ0v) is 18.3. The van der Waals surface area contributed by atoms with Gasteiger partial charge in [0.05, 0.1) is 16.7 Å². The van der Waals surface area contributed by atoms with Crippen LogP contribution in [-0.4, -0.2) is 47.8 Å². The number of carbonyl (C=O) groups excluding carboxylic acids is 3. The Labute approximate surface area is 190 Å². The lowest BCUT2D eigenvalue weighted by Gasteiger charge is -2.33. The quantitative estimate of drug-likeness (QED) is 0.577. The first-order chi connectivity index (χ1) is 15.6. The zero-order chi connectivity index (χ0) is 22.3.